The first-order chi connectivity index (χ1) is 6.22. The highest BCUT2D eigenvalue weighted by molar-refractivity contribution is 6.30. The molecule has 1 aromatic rings. The van der Waals surface area contributed by atoms with Crippen molar-refractivity contribution in [1.82, 2.24) is 4.98 Å². The molecule has 0 fully saturated rings. The van der Waals surface area contributed by atoms with Gasteiger partial charge in [-0.25, -0.2) is 0 Å². The highest BCUT2D eigenvalue weighted by Crippen LogP contribution is 2.09. The Bertz CT molecular complexity index is 248. The van der Waals surface area contributed by atoms with Crippen molar-refractivity contribution in [2.45, 2.75) is 32.3 Å². The number of aliphatic hydroxyl groups is 1. The van der Waals surface area contributed by atoms with Crippen LogP contribution in [-0.4, -0.2) is 16.2 Å². The summed E-state index contributed by atoms with van der Waals surface area (Å²) in [6, 6.07) is 3.64. The largest absolute Gasteiger partial charge is 0.393 e. The smallest absolute Gasteiger partial charge is 0.0595 e. The normalized spacial score (nSPS) is 12.8. The number of aromatic nitrogens is 1. The van der Waals surface area contributed by atoms with E-state index in [1.807, 2.05) is 6.07 Å². The van der Waals surface area contributed by atoms with Crippen molar-refractivity contribution in [3.63, 3.8) is 0 Å². The minimum atomic E-state index is -0.279. The number of halogens is 1. The maximum absolute atomic E-state index is 9.50. The lowest BCUT2D eigenvalue weighted by Gasteiger charge is -2.07. The van der Waals surface area contributed by atoms with Gasteiger partial charge >= 0.3 is 0 Å². The number of rotatable bonds is 4. The van der Waals surface area contributed by atoms with Crippen LogP contribution in [-0.2, 0) is 6.42 Å². The Labute approximate surface area is 83.6 Å². The van der Waals surface area contributed by atoms with Gasteiger partial charge in [0.25, 0.3) is 0 Å². The Morgan fingerprint density at radius 1 is 1.54 bits per heavy atom. The van der Waals surface area contributed by atoms with Gasteiger partial charge in [0.05, 0.1) is 11.1 Å². The number of nitrogens with zero attached hydrogens (tertiary/aromatic N) is 1. The fraction of sp³-hybridized carbons (Fsp3) is 0.500. The zero-order valence-electron chi connectivity index (χ0n) is 7.70. The second-order valence-corrected chi connectivity index (χ2v) is 3.55. The zero-order chi connectivity index (χ0) is 9.68. The van der Waals surface area contributed by atoms with Crippen LogP contribution in [0.2, 0.25) is 5.02 Å². The number of hydrogen-bond acceptors (Lipinski definition) is 2. The van der Waals surface area contributed by atoms with E-state index in [1.165, 1.54) is 0 Å². The topological polar surface area (TPSA) is 33.1 Å². The summed E-state index contributed by atoms with van der Waals surface area (Å²) in [7, 11) is 0. The summed E-state index contributed by atoms with van der Waals surface area (Å²) >= 11 is 5.68. The molecule has 72 valence electrons. The second kappa shape index (κ2) is 5.20. The fourth-order valence-electron chi connectivity index (χ4n) is 1.20. The standard InChI is InChI=1S/C10H14ClNO/c1-2-3-10(13)6-9-5-4-8(11)7-12-9/h4-5,7,10,13H,2-3,6H2,1H3. The number of aliphatic hydroxyl groups excluding tert-OH is 1. The lowest BCUT2D eigenvalue weighted by atomic mass is 10.1. The average Bonchev–Trinajstić information content (AvgIpc) is 2.09. The predicted molar refractivity (Wildman–Crippen MR) is 53.9 cm³/mol. The van der Waals surface area contributed by atoms with E-state index >= 15 is 0 Å². The Kier molecular flexibility index (Phi) is 4.19. The predicted octanol–water partition coefficient (Wildman–Crippen LogP) is 2.44. The number of hydrogen-bond donors (Lipinski definition) is 1. The Morgan fingerprint density at radius 3 is 2.85 bits per heavy atom. The summed E-state index contributed by atoms with van der Waals surface area (Å²) < 4.78 is 0. The van der Waals surface area contributed by atoms with Crippen molar-refractivity contribution >= 4 is 11.6 Å². The molecule has 1 atom stereocenters. The van der Waals surface area contributed by atoms with Gasteiger partial charge in [0.1, 0.15) is 0 Å². The van der Waals surface area contributed by atoms with Crippen molar-refractivity contribution in [3.05, 3.63) is 29.0 Å². The van der Waals surface area contributed by atoms with Crippen LogP contribution >= 0.6 is 11.6 Å². The van der Waals surface area contributed by atoms with Gasteiger partial charge in [0.2, 0.25) is 0 Å². The van der Waals surface area contributed by atoms with Crippen LogP contribution in [0.1, 0.15) is 25.5 Å². The molecule has 1 unspecified atom stereocenters. The van der Waals surface area contributed by atoms with Crippen molar-refractivity contribution in [2.24, 2.45) is 0 Å². The molecule has 0 aliphatic rings. The highest BCUT2D eigenvalue weighted by Gasteiger charge is 2.04. The lowest BCUT2D eigenvalue weighted by molar-refractivity contribution is 0.163. The molecular formula is C10H14ClNO. The third-order valence-corrected chi connectivity index (χ3v) is 2.08. The van der Waals surface area contributed by atoms with Gasteiger partial charge in [0, 0.05) is 18.3 Å². The van der Waals surface area contributed by atoms with Gasteiger partial charge in [-0.3, -0.25) is 4.98 Å². The van der Waals surface area contributed by atoms with Gasteiger partial charge in [-0.2, -0.15) is 0 Å². The number of pyridine rings is 1. The molecule has 0 saturated carbocycles. The maximum atomic E-state index is 9.50. The monoisotopic (exact) mass is 199 g/mol. The molecule has 0 amide bonds. The van der Waals surface area contributed by atoms with Gasteiger partial charge in [-0.05, 0) is 18.6 Å². The van der Waals surface area contributed by atoms with Crippen molar-refractivity contribution in [2.75, 3.05) is 0 Å². The highest BCUT2D eigenvalue weighted by atomic mass is 35.5. The minimum absolute atomic E-state index is 0.279. The molecule has 1 rings (SSSR count). The second-order valence-electron chi connectivity index (χ2n) is 3.11. The van der Waals surface area contributed by atoms with E-state index in [0.29, 0.717) is 11.4 Å². The Hall–Kier alpha value is -0.600. The summed E-state index contributed by atoms with van der Waals surface area (Å²) in [5, 5.41) is 10.1. The molecular weight excluding hydrogens is 186 g/mol. The molecule has 1 aromatic heterocycles. The minimum Gasteiger partial charge on any atom is -0.393 e. The zero-order valence-corrected chi connectivity index (χ0v) is 8.46. The third kappa shape index (κ3) is 3.75. The first-order valence-electron chi connectivity index (χ1n) is 4.51. The van der Waals surface area contributed by atoms with Crippen LogP contribution in [0.5, 0.6) is 0 Å². The fourth-order valence-corrected chi connectivity index (χ4v) is 1.32. The average molecular weight is 200 g/mol. The molecule has 0 aliphatic heterocycles. The van der Waals surface area contributed by atoms with Crippen LogP contribution < -0.4 is 0 Å². The first-order valence-corrected chi connectivity index (χ1v) is 4.88. The molecule has 1 heterocycles. The SMILES string of the molecule is CCCC(O)Cc1ccc(Cl)cn1. The van der Waals surface area contributed by atoms with Crippen molar-refractivity contribution in [3.8, 4) is 0 Å². The molecule has 13 heavy (non-hydrogen) atoms. The Balaban J connectivity index is 2.49. The summed E-state index contributed by atoms with van der Waals surface area (Å²) in [6.45, 7) is 2.05. The maximum Gasteiger partial charge on any atom is 0.0595 e. The molecule has 1 N–H and O–H groups in total. The first kappa shape index (κ1) is 10.5. The molecule has 3 heteroatoms. The molecule has 0 bridgehead atoms. The molecule has 0 spiro atoms. The van der Waals surface area contributed by atoms with Crippen LogP contribution in [0.4, 0.5) is 0 Å². The van der Waals surface area contributed by atoms with E-state index in [2.05, 4.69) is 11.9 Å². The van der Waals surface area contributed by atoms with Gasteiger partial charge in [-0.1, -0.05) is 24.9 Å². The van der Waals surface area contributed by atoms with Gasteiger partial charge < -0.3 is 5.11 Å². The van der Waals surface area contributed by atoms with Gasteiger partial charge in [0.15, 0.2) is 0 Å². The molecule has 0 radical (unpaired) electrons. The quantitative estimate of drug-likeness (QED) is 0.808. The summed E-state index contributed by atoms with van der Waals surface area (Å²) in [4.78, 5) is 4.11. The van der Waals surface area contributed by atoms with Crippen LogP contribution in [0.15, 0.2) is 18.3 Å². The molecule has 0 aromatic carbocycles. The van der Waals surface area contributed by atoms with Crippen LogP contribution in [0, 0.1) is 0 Å². The third-order valence-electron chi connectivity index (χ3n) is 1.86. The molecule has 0 saturated heterocycles. The van der Waals surface area contributed by atoms with E-state index in [4.69, 9.17) is 11.6 Å². The van der Waals surface area contributed by atoms with Crippen LogP contribution in [0.25, 0.3) is 0 Å². The van der Waals surface area contributed by atoms with Gasteiger partial charge in [-0.15, -0.1) is 0 Å². The van der Waals surface area contributed by atoms with E-state index in [9.17, 15) is 5.11 Å². The van der Waals surface area contributed by atoms with E-state index in [0.717, 1.165) is 18.5 Å². The van der Waals surface area contributed by atoms with E-state index in [1.54, 1.807) is 12.3 Å². The summed E-state index contributed by atoms with van der Waals surface area (Å²) in [6.07, 6.45) is 3.76. The molecule has 0 aliphatic carbocycles. The lowest BCUT2D eigenvalue weighted by Crippen LogP contribution is -2.10. The van der Waals surface area contributed by atoms with E-state index < -0.39 is 0 Å². The van der Waals surface area contributed by atoms with Crippen molar-refractivity contribution in [1.29, 1.82) is 0 Å². The molecule has 2 nitrogen and oxygen atoms in total. The van der Waals surface area contributed by atoms with E-state index in [-0.39, 0.29) is 6.10 Å². The Morgan fingerprint density at radius 2 is 2.31 bits per heavy atom. The summed E-state index contributed by atoms with van der Waals surface area (Å²) in [5.74, 6) is 0. The van der Waals surface area contributed by atoms with Crippen molar-refractivity contribution < 1.29 is 5.11 Å². The summed E-state index contributed by atoms with van der Waals surface area (Å²) in [5.41, 5.74) is 0.894. The van der Waals surface area contributed by atoms with Crippen LogP contribution in [0.3, 0.4) is 0 Å².